The number of aromatic nitrogens is 6. The lowest BCUT2D eigenvalue weighted by Crippen LogP contribution is -2.41. The number of pyridine rings is 1. The molecule has 2 bridgehead atoms. The van der Waals surface area contributed by atoms with Gasteiger partial charge in [-0.05, 0) is 80.2 Å². The van der Waals surface area contributed by atoms with Crippen molar-refractivity contribution in [3.05, 3.63) is 60.2 Å². The van der Waals surface area contributed by atoms with E-state index in [1.54, 1.807) is 19.5 Å². The van der Waals surface area contributed by atoms with Gasteiger partial charge in [-0.25, -0.2) is 19.9 Å². The molecule has 1 aromatic carbocycles. The summed E-state index contributed by atoms with van der Waals surface area (Å²) >= 11 is 0. The molecule has 12 nitrogen and oxygen atoms in total. The Morgan fingerprint density at radius 3 is 2.62 bits per heavy atom. The molecule has 2 aliphatic carbocycles. The second-order valence-electron chi connectivity index (χ2n) is 14.0. The number of carbonyl (C=O) groups is 1. The van der Waals surface area contributed by atoms with Crippen molar-refractivity contribution in [3.63, 3.8) is 0 Å². The van der Waals surface area contributed by atoms with E-state index in [4.69, 9.17) is 20.4 Å². The van der Waals surface area contributed by atoms with Gasteiger partial charge in [0.25, 0.3) is 5.91 Å². The van der Waals surface area contributed by atoms with E-state index in [0.717, 1.165) is 72.5 Å². The predicted molar refractivity (Wildman–Crippen MR) is 180 cm³/mol. The van der Waals surface area contributed by atoms with Crippen LogP contribution >= 0.6 is 0 Å². The zero-order valence-corrected chi connectivity index (χ0v) is 27.0. The number of likely N-dealkylation sites (tertiary alicyclic amines) is 1. The molecule has 0 spiro atoms. The van der Waals surface area contributed by atoms with Crippen LogP contribution in [0.1, 0.15) is 48.2 Å². The van der Waals surface area contributed by atoms with Crippen LogP contribution < -0.4 is 15.4 Å². The monoisotopic (exact) mass is 642 g/mol. The third-order valence-corrected chi connectivity index (χ3v) is 11.0. The van der Waals surface area contributed by atoms with Crippen molar-refractivity contribution >= 4 is 33.8 Å². The number of piperidine rings is 1. The molecule has 2 saturated heterocycles. The Kier molecular flexibility index (Phi) is 6.86. The molecule has 2 saturated carbocycles. The zero-order chi connectivity index (χ0) is 32.5. The second kappa shape index (κ2) is 11.3. The van der Waals surface area contributed by atoms with Crippen LogP contribution in [0.5, 0.6) is 5.75 Å². The second-order valence-corrected chi connectivity index (χ2v) is 14.0. The number of methoxy groups -OCH3 is 1. The van der Waals surface area contributed by atoms with Crippen LogP contribution in [0, 0.1) is 29.1 Å². The van der Waals surface area contributed by atoms with Gasteiger partial charge in [-0.1, -0.05) is 0 Å². The smallest absolute Gasteiger partial charge is 0.254 e. The SMILES string of the molecule is COc1cc(C(=O)N2CC3CCC2[C@@H]3N)cc2nc(-c3cc4cccnc4n3CC3CC3)n(C[C@@H]3CCN(c4nccnc4C#N)C3)c12. The summed E-state index contributed by atoms with van der Waals surface area (Å²) in [6.45, 7) is 3.78. The van der Waals surface area contributed by atoms with Gasteiger partial charge in [0.05, 0.1) is 18.3 Å². The predicted octanol–water partition coefficient (Wildman–Crippen LogP) is 4.22. The van der Waals surface area contributed by atoms with Crippen LogP contribution in [-0.2, 0) is 13.1 Å². The molecule has 48 heavy (non-hydrogen) atoms. The van der Waals surface area contributed by atoms with Crippen molar-refractivity contribution in [1.82, 2.24) is 34.0 Å². The fourth-order valence-corrected chi connectivity index (χ4v) is 8.42. The Bertz CT molecular complexity index is 2110. The maximum atomic E-state index is 14.0. The summed E-state index contributed by atoms with van der Waals surface area (Å²) < 4.78 is 10.7. The third kappa shape index (κ3) is 4.71. The van der Waals surface area contributed by atoms with E-state index in [-0.39, 0.29) is 23.9 Å². The maximum absolute atomic E-state index is 14.0. The molecular formula is C36H38N10O2. The van der Waals surface area contributed by atoms with Crippen LogP contribution in [0.25, 0.3) is 33.6 Å². The normalized spacial score (nSPS) is 23.4. The summed E-state index contributed by atoms with van der Waals surface area (Å²) in [6, 6.07) is 12.4. The number of fused-ring (bicyclic) bond motifs is 4. The third-order valence-electron chi connectivity index (χ3n) is 11.0. The van der Waals surface area contributed by atoms with Gasteiger partial charge in [0.15, 0.2) is 17.3 Å². The first-order valence-electron chi connectivity index (χ1n) is 17.1. The number of benzene rings is 1. The molecule has 244 valence electrons. The van der Waals surface area contributed by atoms with Gasteiger partial charge in [0.2, 0.25) is 0 Å². The summed E-state index contributed by atoms with van der Waals surface area (Å²) in [5, 5.41) is 10.7. The Labute approximate surface area is 278 Å². The summed E-state index contributed by atoms with van der Waals surface area (Å²) in [5.74, 6) is 3.34. The van der Waals surface area contributed by atoms with E-state index in [1.165, 1.54) is 12.8 Å². The Morgan fingerprint density at radius 2 is 1.85 bits per heavy atom. The molecule has 2 N–H and O–H groups in total. The number of nitrogens with two attached hydrogens (primary N) is 1. The topological polar surface area (TPSA) is 144 Å². The zero-order valence-electron chi connectivity index (χ0n) is 27.0. The number of amides is 1. The van der Waals surface area contributed by atoms with Crippen LogP contribution in [0.3, 0.4) is 0 Å². The minimum Gasteiger partial charge on any atom is -0.494 e. The molecule has 2 aliphatic heterocycles. The minimum atomic E-state index is -0.00954. The van der Waals surface area contributed by atoms with Gasteiger partial charge in [-0.3, -0.25) is 4.79 Å². The average molecular weight is 643 g/mol. The van der Waals surface area contributed by atoms with E-state index in [9.17, 15) is 10.1 Å². The van der Waals surface area contributed by atoms with Gasteiger partial charge < -0.3 is 29.4 Å². The summed E-state index contributed by atoms with van der Waals surface area (Å²) in [4.78, 5) is 37.0. The highest BCUT2D eigenvalue weighted by Crippen LogP contribution is 2.41. The number of nitrogens with zero attached hydrogens (tertiary/aromatic N) is 9. The van der Waals surface area contributed by atoms with Gasteiger partial charge >= 0.3 is 0 Å². The summed E-state index contributed by atoms with van der Waals surface area (Å²) in [5.41, 5.74) is 11.0. The molecule has 6 heterocycles. The summed E-state index contributed by atoms with van der Waals surface area (Å²) in [7, 11) is 1.66. The van der Waals surface area contributed by atoms with Crippen molar-refractivity contribution in [1.29, 1.82) is 5.26 Å². The highest BCUT2D eigenvalue weighted by atomic mass is 16.5. The van der Waals surface area contributed by atoms with Crippen molar-refractivity contribution in [3.8, 4) is 23.3 Å². The molecule has 4 aliphatic rings. The number of carbonyl (C=O) groups excluding carboxylic acids is 1. The quantitative estimate of drug-likeness (QED) is 0.263. The number of imidazole rings is 1. The van der Waals surface area contributed by atoms with E-state index < -0.39 is 0 Å². The van der Waals surface area contributed by atoms with Crippen LogP contribution in [0.15, 0.2) is 48.9 Å². The molecule has 5 aromatic rings. The van der Waals surface area contributed by atoms with Crippen molar-refractivity contribution < 1.29 is 9.53 Å². The molecule has 4 fully saturated rings. The molecule has 4 atom stereocenters. The van der Waals surface area contributed by atoms with E-state index in [1.807, 2.05) is 29.3 Å². The molecular weight excluding hydrogens is 604 g/mol. The maximum Gasteiger partial charge on any atom is 0.254 e. The number of ether oxygens (including phenoxy) is 1. The number of rotatable bonds is 8. The van der Waals surface area contributed by atoms with Gasteiger partial charge in [-0.15, -0.1) is 0 Å². The standard InChI is InChI=1S/C36H38N10O2/c1-48-30-15-25(36(47)45-20-24-6-7-28(45)31(24)38)13-26-32(30)46(19-22-8-12-43(17-22)34-27(16-37)39-10-11-41-34)35(42-26)29-14-23-3-2-9-40-33(23)44(29)18-21-4-5-21/h2-3,9-11,13-15,21-22,24,28,31H,4-8,12,17-20,38H2,1H3/t22-,24?,28?,31-/m1/s1. The lowest BCUT2D eigenvalue weighted by atomic mass is 10.1. The molecule has 0 radical (unpaired) electrons. The van der Waals surface area contributed by atoms with Gasteiger partial charge in [-0.2, -0.15) is 5.26 Å². The average Bonchev–Trinajstić information content (AvgIpc) is 3.42. The minimum absolute atomic E-state index is 0.00954. The molecule has 12 heteroatoms. The fraction of sp³-hybridized carbons (Fsp3) is 0.444. The van der Waals surface area contributed by atoms with Crippen molar-refractivity contribution in [2.45, 2.75) is 57.3 Å². The number of anilines is 1. The largest absolute Gasteiger partial charge is 0.494 e. The van der Waals surface area contributed by atoms with E-state index in [0.29, 0.717) is 47.8 Å². The number of hydrogen-bond acceptors (Lipinski definition) is 9. The Morgan fingerprint density at radius 1 is 1.00 bits per heavy atom. The first kappa shape index (κ1) is 29.1. The van der Waals surface area contributed by atoms with Crippen molar-refractivity contribution in [2.75, 3.05) is 31.6 Å². The number of hydrogen-bond donors (Lipinski definition) is 1. The highest BCUT2D eigenvalue weighted by molar-refractivity contribution is 6.00. The Hall–Kier alpha value is -5.02. The highest BCUT2D eigenvalue weighted by Gasteiger charge is 2.47. The molecule has 4 aromatic heterocycles. The molecule has 9 rings (SSSR count). The fourth-order valence-electron chi connectivity index (χ4n) is 8.42. The van der Waals surface area contributed by atoms with Gasteiger partial charge in [0, 0.05) is 74.3 Å². The first-order valence-corrected chi connectivity index (χ1v) is 17.1. The number of nitriles is 1. The van der Waals surface area contributed by atoms with E-state index in [2.05, 4.69) is 42.2 Å². The lowest BCUT2D eigenvalue weighted by molar-refractivity contribution is 0.0700. The van der Waals surface area contributed by atoms with E-state index >= 15 is 0 Å². The Balaban J connectivity index is 1.16. The van der Waals surface area contributed by atoms with Gasteiger partial charge in [0.1, 0.15) is 23.0 Å². The molecule has 1 amide bonds. The molecule has 2 unspecified atom stereocenters. The lowest BCUT2D eigenvalue weighted by Gasteiger charge is -2.27. The van der Waals surface area contributed by atoms with Crippen LogP contribution in [-0.4, -0.2) is 78.7 Å². The summed E-state index contributed by atoms with van der Waals surface area (Å²) in [6.07, 6.45) is 10.4. The first-order chi connectivity index (χ1) is 23.5. The van der Waals surface area contributed by atoms with Crippen LogP contribution in [0.2, 0.25) is 0 Å². The van der Waals surface area contributed by atoms with Crippen molar-refractivity contribution in [2.24, 2.45) is 23.5 Å². The van der Waals surface area contributed by atoms with Crippen LogP contribution in [0.4, 0.5) is 5.82 Å².